The zero-order valence-electron chi connectivity index (χ0n) is 26.7. The van der Waals surface area contributed by atoms with E-state index < -0.39 is 0 Å². The van der Waals surface area contributed by atoms with Crippen molar-refractivity contribution in [2.24, 2.45) is 14.1 Å². The Morgan fingerprint density at radius 2 is 0.896 bits per heavy atom. The molecule has 0 spiro atoms. The molecule has 5 nitrogen and oxygen atoms in total. The Kier molecular flexibility index (Phi) is 7.35. The summed E-state index contributed by atoms with van der Waals surface area (Å²) in [6.07, 6.45) is 0. The molecular formula is C43H32N4O. The van der Waals surface area contributed by atoms with E-state index >= 15 is 0 Å². The molecule has 0 N–H and O–H groups in total. The molecule has 0 aliphatic heterocycles. The van der Waals surface area contributed by atoms with Crippen LogP contribution in [0.1, 0.15) is 0 Å². The number of rotatable bonds is 6. The molecule has 0 amide bonds. The molecule has 0 fully saturated rings. The predicted octanol–water partition coefficient (Wildman–Crippen LogP) is 9.67. The van der Waals surface area contributed by atoms with Crippen molar-refractivity contribution in [3.8, 4) is 67.3 Å². The SMILES string of the molecule is Cn1c(=O)n(C)c2cc(-c3ccc(-c4cc(-c5ccc(-c6ccccc6)cc5-c5ccccc5)nc(-c5ccccc5)n4)cc3)ccc21. The Hall–Kier alpha value is -6.33. The smallest absolute Gasteiger partial charge is 0.295 e. The van der Waals surface area contributed by atoms with Crippen LogP contribution in [0.5, 0.6) is 0 Å². The Morgan fingerprint density at radius 3 is 1.58 bits per heavy atom. The van der Waals surface area contributed by atoms with Gasteiger partial charge in [-0.1, -0.05) is 133 Å². The molecule has 0 saturated carbocycles. The van der Waals surface area contributed by atoms with Crippen LogP contribution in [0.2, 0.25) is 0 Å². The first-order chi connectivity index (χ1) is 23.5. The average Bonchev–Trinajstić information content (AvgIpc) is 3.38. The van der Waals surface area contributed by atoms with Crippen molar-refractivity contribution in [2.45, 2.75) is 0 Å². The van der Waals surface area contributed by atoms with Crippen molar-refractivity contribution in [2.75, 3.05) is 0 Å². The van der Waals surface area contributed by atoms with Gasteiger partial charge in [-0.25, -0.2) is 14.8 Å². The fraction of sp³-hybridized carbons (Fsp3) is 0.0465. The van der Waals surface area contributed by atoms with Crippen molar-refractivity contribution in [3.05, 3.63) is 168 Å². The largest absolute Gasteiger partial charge is 0.328 e. The Bertz CT molecular complexity index is 2460. The van der Waals surface area contributed by atoms with Gasteiger partial charge in [0.05, 0.1) is 22.4 Å². The summed E-state index contributed by atoms with van der Waals surface area (Å²) in [6, 6.07) is 54.4. The van der Waals surface area contributed by atoms with Gasteiger partial charge in [-0.05, 0) is 57.6 Å². The highest BCUT2D eigenvalue weighted by Gasteiger charge is 2.16. The lowest BCUT2D eigenvalue weighted by atomic mass is 9.92. The molecule has 0 atom stereocenters. The summed E-state index contributed by atoms with van der Waals surface area (Å²) in [5.74, 6) is 0.675. The predicted molar refractivity (Wildman–Crippen MR) is 196 cm³/mol. The topological polar surface area (TPSA) is 52.7 Å². The number of fused-ring (bicyclic) bond motifs is 1. The van der Waals surface area contributed by atoms with Gasteiger partial charge < -0.3 is 0 Å². The summed E-state index contributed by atoms with van der Waals surface area (Å²) in [7, 11) is 3.62. The van der Waals surface area contributed by atoms with Gasteiger partial charge in [0.25, 0.3) is 0 Å². The summed E-state index contributed by atoms with van der Waals surface area (Å²) in [4.78, 5) is 22.7. The summed E-state index contributed by atoms with van der Waals surface area (Å²) in [5, 5.41) is 0. The van der Waals surface area contributed by atoms with E-state index in [4.69, 9.17) is 9.97 Å². The molecule has 8 rings (SSSR count). The summed E-state index contributed by atoms with van der Waals surface area (Å²) >= 11 is 0. The van der Waals surface area contributed by atoms with Crippen LogP contribution < -0.4 is 5.69 Å². The van der Waals surface area contributed by atoms with E-state index in [2.05, 4.69) is 121 Å². The molecule has 0 aliphatic carbocycles. The van der Waals surface area contributed by atoms with Crippen LogP contribution in [0.15, 0.2) is 163 Å². The highest BCUT2D eigenvalue weighted by molar-refractivity contribution is 5.88. The minimum atomic E-state index is -0.0311. The van der Waals surface area contributed by atoms with Crippen molar-refractivity contribution < 1.29 is 0 Å². The van der Waals surface area contributed by atoms with E-state index in [1.54, 1.807) is 16.2 Å². The number of aryl methyl sites for hydroxylation is 2. The molecule has 0 aliphatic rings. The number of aromatic nitrogens is 4. The second-order valence-corrected chi connectivity index (χ2v) is 12.0. The zero-order valence-corrected chi connectivity index (χ0v) is 26.7. The molecule has 0 saturated heterocycles. The minimum absolute atomic E-state index is 0.0311. The summed E-state index contributed by atoms with van der Waals surface area (Å²) in [6.45, 7) is 0. The summed E-state index contributed by atoms with van der Waals surface area (Å²) < 4.78 is 3.37. The number of imidazole rings is 1. The first-order valence-corrected chi connectivity index (χ1v) is 16.0. The molecule has 2 aromatic heterocycles. The third kappa shape index (κ3) is 5.31. The third-order valence-corrected chi connectivity index (χ3v) is 9.03. The van der Waals surface area contributed by atoms with Gasteiger partial charge in [-0.2, -0.15) is 0 Å². The standard InChI is InChI=1S/C43H32N4O/c1-46-40-25-23-35(27-41(40)47(2)43(46)48)30-18-20-32(21-19-30)38-28-39(45-42(44-38)33-16-10-5-11-17-33)36-24-22-34(29-12-6-3-7-13-29)26-37(36)31-14-8-4-9-15-31/h3-28H,1-2H3. The van der Waals surface area contributed by atoms with E-state index in [9.17, 15) is 4.79 Å². The third-order valence-electron chi connectivity index (χ3n) is 9.03. The number of benzene rings is 6. The molecule has 0 radical (unpaired) electrons. The van der Waals surface area contributed by atoms with Gasteiger partial charge >= 0.3 is 5.69 Å². The molecule has 5 heteroatoms. The van der Waals surface area contributed by atoms with Crippen LogP contribution in [0.3, 0.4) is 0 Å². The monoisotopic (exact) mass is 620 g/mol. The lowest BCUT2D eigenvalue weighted by Gasteiger charge is -2.15. The van der Waals surface area contributed by atoms with E-state index in [1.165, 1.54) is 5.56 Å². The van der Waals surface area contributed by atoms with Gasteiger partial charge in [0.2, 0.25) is 0 Å². The van der Waals surface area contributed by atoms with Crippen LogP contribution >= 0.6 is 0 Å². The van der Waals surface area contributed by atoms with E-state index in [1.807, 2.05) is 43.4 Å². The lowest BCUT2D eigenvalue weighted by molar-refractivity contribution is 0.795. The fourth-order valence-electron chi connectivity index (χ4n) is 6.40. The molecule has 48 heavy (non-hydrogen) atoms. The van der Waals surface area contributed by atoms with Crippen molar-refractivity contribution >= 4 is 11.0 Å². The van der Waals surface area contributed by atoms with Crippen LogP contribution in [0.25, 0.3) is 78.3 Å². The molecule has 0 bridgehead atoms. The highest BCUT2D eigenvalue weighted by Crippen LogP contribution is 2.37. The van der Waals surface area contributed by atoms with Gasteiger partial charge in [0.1, 0.15) is 0 Å². The fourth-order valence-corrected chi connectivity index (χ4v) is 6.40. The van der Waals surface area contributed by atoms with E-state index in [0.717, 1.165) is 66.9 Å². The van der Waals surface area contributed by atoms with Crippen LogP contribution in [-0.4, -0.2) is 19.1 Å². The minimum Gasteiger partial charge on any atom is -0.295 e. The molecule has 6 aromatic carbocycles. The average molecular weight is 621 g/mol. The molecular weight excluding hydrogens is 589 g/mol. The summed E-state index contributed by atoms with van der Waals surface area (Å²) in [5.41, 5.74) is 13.2. The lowest BCUT2D eigenvalue weighted by Crippen LogP contribution is -2.19. The quantitative estimate of drug-likeness (QED) is 0.186. The Labute approximate surface area is 279 Å². The first kappa shape index (κ1) is 29.1. The normalized spacial score (nSPS) is 11.2. The van der Waals surface area contributed by atoms with Gasteiger partial charge in [-0.3, -0.25) is 9.13 Å². The van der Waals surface area contributed by atoms with Crippen molar-refractivity contribution in [3.63, 3.8) is 0 Å². The van der Waals surface area contributed by atoms with E-state index in [0.29, 0.717) is 5.82 Å². The maximum absolute atomic E-state index is 12.5. The maximum Gasteiger partial charge on any atom is 0.328 e. The molecule has 2 heterocycles. The Balaban J connectivity index is 1.26. The van der Waals surface area contributed by atoms with Gasteiger partial charge in [0, 0.05) is 30.8 Å². The number of hydrogen-bond acceptors (Lipinski definition) is 3. The first-order valence-electron chi connectivity index (χ1n) is 16.0. The number of hydrogen-bond donors (Lipinski definition) is 0. The zero-order chi connectivity index (χ0) is 32.6. The molecule has 0 unspecified atom stereocenters. The van der Waals surface area contributed by atoms with Crippen LogP contribution in [0.4, 0.5) is 0 Å². The Morgan fingerprint density at radius 1 is 0.396 bits per heavy atom. The molecule has 8 aromatic rings. The van der Waals surface area contributed by atoms with Crippen molar-refractivity contribution in [1.82, 2.24) is 19.1 Å². The van der Waals surface area contributed by atoms with Gasteiger partial charge in [-0.15, -0.1) is 0 Å². The molecule has 230 valence electrons. The second-order valence-electron chi connectivity index (χ2n) is 12.0. The van der Waals surface area contributed by atoms with Crippen LogP contribution in [-0.2, 0) is 14.1 Å². The van der Waals surface area contributed by atoms with E-state index in [-0.39, 0.29) is 5.69 Å². The maximum atomic E-state index is 12.5. The van der Waals surface area contributed by atoms with Crippen LogP contribution in [0, 0.1) is 0 Å². The van der Waals surface area contributed by atoms with Gasteiger partial charge in [0.15, 0.2) is 5.82 Å². The van der Waals surface area contributed by atoms with Crippen molar-refractivity contribution in [1.29, 1.82) is 0 Å². The second kappa shape index (κ2) is 12.1. The highest BCUT2D eigenvalue weighted by atomic mass is 16.1. The number of nitrogens with zero attached hydrogens (tertiary/aromatic N) is 4.